The second-order valence-electron chi connectivity index (χ2n) is 5.72. The van der Waals surface area contributed by atoms with Crippen molar-refractivity contribution in [2.45, 2.75) is 38.3 Å². The van der Waals surface area contributed by atoms with Gasteiger partial charge < -0.3 is 19.1 Å². The molecule has 0 saturated carbocycles. The maximum atomic E-state index is 12.6. The first-order valence-electron chi connectivity index (χ1n) is 8.21. The van der Waals surface area contributed by atoms with Crippen molar-refractivity contribution in [3.8, 4) is 5.75 Å². The summed E-state index contributed by atoms with van der Waals surface area (Å²) in [5.41, 5.74) is 0.991. The Hall–Kier alpha value is -2.08. The van der Waals surface area contributed by atoms with Gasteiger partial charge in [-0.1, -0.05) is 18.2 Å². The van der Waals surface area contributed by atoms with Crippen LogP contribution in [0.2, 0.25) is 0 Å². The van der Waals surface area contributed by atoms with Crippen molar-refractivity contribution in [3.05, 3.63) is 29.8 Å². The van der Waals surface area contributed by atoms with Crippen molar-refractivity contribution >= 4 is 11.9 Å². The lowest BCUT2D eigenvalue weighted by Crippen LogP contribution is -2.41. The summed E-state index contributed by atoms with van der Waals surface area (Å²) in [4.78, 5) is 26.1. The Kier molecular flexibility index (Phi) is 6.61. The first kappa shape index (κ1) is 18.3. The highest BCUT2D eigenvalue weighted by Gasteiger charge is 2.40. The molecule has 1 amide bonds. The van der Waals surface area contributed by atoms with Gasteiger partial charge in [0.1, 0.15) is 11.8 Å². The number of benzene rings is 1. The number of aryl methyl sites for hydroxylation is 1. The van der Waals surface area contributed by atoms with Crippen LogP contribution in [0, 0.1) is 0 Å². The van der Waals surface area contributed by atoms with Crippen LogP contribution in [-0.2, 0) is 25.5 Å². The average Bonchev–Trinajstić information content (AvgIpc) is 3.05. The van der Waals surface area contributed by atoms with Gasteiger partial charge in [0.05, 0.1) is 19.8 Å². The van der Waals surface area contributed by atoms with Gasteiger partial charge in [0.15, 0.2) is 0 Å². The number of hydrogen-bond acceptors (Lipinski definition) is 5. The molecule has 24 heavy (non-hydrogen) atoms. The van der Waals surface area contributed by atoms with Gasteiger partial charge in [0.25, 0.3) is 0 Å². The van der Waals surface area contributed by atoms with Gasteiger partial charge in [-0.15, -0.1) is 0 Å². The van der Waals surface area contributed by atoms with Gasteiger partial charge >= 0.3 is 5.97 Å². The molecule has 1 aromatic rings. The number of rotatable bonds is 7. The van der Waals surface area contributed by atoms with E-state index in [0.29, 0.717) is 32.4 Å². The minimum absolute atomic E-state index is 0.0729. The second kappa shape index (κ2) is 8.68. The lowest BCUT2D eigenvalue weighted by atomic mass is 10.1. The summed E-state index contributed by atoms with van der Waals surface area (Å²) in [6.45, 7) is 2.93. The zero-order chi connectivity index (χ0) is 17.5. The number of carbonyl (C=O) groups is 2. The maximum Gasteiger partial charge on any atom is 0.328 e. The van der Waals surface area contributed by atoms with Crippen LogP contribution in [0.1, 0.15) is 25.3 Å². The first-order chi connectivity index (χ1) is 11.6. The molecule has 0 bridgehead atoms. The summed E-state index contributed by atoms with van der Waals surface area (Å²) in [6, 6.07) is 7.13. The van der Waals surface area contributed by atoms with E-state index in [4.69, 9.17) is 14.2 Å². The fourth-order valence-electron chi connectivity index (χ4n) is 3.00. The largest absolute Gasteiger partial charge is 0.494 e. The number of amides is 1. The lowest BCUT2D eigenvalue weighted by molar-refractivity contribution is -0.150. The second-order valence-corrected chi connectivity index (χ2v) is 5.72. The third kappa shape index (κ3) is 4.26. The number of nitrogens with zero attached hydrogens (tertiary/aromatic N) is 1. The highest BCUT2D eigenvalue weighted by atomic mass is 16.5. The topological polar surface area (TPSA) is 65.1 Å². The van der Waals surface area contributed by atoms with Crippen LogP contribution in [0.15, 0.2) is 24.3 Å². The van der Waals surface area contributed by atoms with Gasteiger partial charge in [-0.25, -0.2) is 4.79 Å². The summed E-state index contributed by atoms with van der Waals surface area (Å²) < 4.78 is 15.7. The van der Waals surface area contributed by atoms with E-state index in [1.54, 1.807) is 12.0 Å². The quantitative estimate of drug-likeness (QED) is 0.711. The highest BCUT2D eigenvalue weighted by Crippen LogP contribution is 2.24. The molecule has 1 aliphatic heterocycles. The molecule has 0 unspecified atom stereocenters. The minimum Gasteiger partial charge on any atom is -0.494 e. The molecule has 2 atom stereocenters. The fraction of sp³-hybridized carbons (Fsp3) is 0.556. The van der Waals surface area contributed by atoms with Crippen molar-refractivity contribution in [3.63, 3.8) is 0 Å². The number of para-hydroxylation sites is 1. The predicted molar refractivity (Wildman–Crippen MR) is 88.9 cm³/mol. The zero-order valence-corrected chi connectivity index (χ0v) is 14.5. The fourth-order valence-corrected chi connectivity index (χ4v) is 3.00. The van der Waals surface area contributed by atoms with Crippen LogP contribution in [0.25, 0.3) is 0 Å². The first-order valence-corrected chi connectivity index (χ1v) is 8.21. The third-order valence-corrected chi connectivity index (χ3v) is 4.27. The van der Waals surface area contributed by atoms with Gasteiger partial charge in [-0.2, -0.15) is 0 Å². The molecule has 1 aliphatic rings. The summed E-state index contributed by atoms with van der Waals surface area (Å²) in [6.07, 6.45) is 1.23. The van der Waals surface area contributed by atoms with Gasteiger partial charge in [0.2, 0.25) is 5.91 Å². The van der Waals surface area contributed by atoms with Crippen LogP contribution < -0.4 is 4.74 Å². The van der Waals surface area contributed by atoms with Crippen molar-refractivity contribution in [2.75, 3.05) is 27.4 Å². The molecular weight excluding hydrogens is 310 g/mol. The third-order valence-electron chi connectivity index (χ3n) is 4.27. The summed E-state index contributed by atoms with van der Waals surface area (Å²) >= 11 is 0. The van der Waals surface area contributed by atoms with Crippen LogP contribution in [-0.4, -0.2) is 56.3 Å². The molecular formula is C18H25NO5. The monoisotopic (exact) mass is 335 g/mol. The Labute approximate surface area is 142 Å². The molecule has 1 heterocycles. The van der Waals surface area contributed by atoms with Crippen LogP contribution in [0.4, 0.5) is 0 Å². The van der Waals surface area contributed by atoms with Crippen molar-refractivity contribution in [2.24, 2.45) is 0 Å². The van der Waals surface area contributed by atoms with E-state index in [1.807, 2.05) is 31.2 Å². The summed E-state index contributed by atoms with van der Waals surface area (Å²) in [7, 11) is 2.93. The molecule has 0 N–H and O–H groups in total. The lowest BCUT2D eigenvalue weighted by Gasteiger charge is -2.22. The number of esters is 1. The smallest absolute Gasteiger partial charge is 0.328 e. The van der Waals surface area contributed by atoms with Crippen molar-refractivity contribution in [1.29, 1.82) is 0 Å². The van der Waals surface area contributed by atoms with E-state index in [9.17, 15) is 9.59 Å². The SMILES string of the molecule is CCOc1ccccc1CCC(=O)N1C[C@H](OC)C[C@H]1C(=O)OC. The van der Waals surface area contributed by atoms with Gasteiger partial charge in [0, 0.05) is 26.5 Å². The average molecular weight is 335 g/mol. The number of likely N-dealkylation sites (tertiary alicyclic amines) is 1. The molecule has 1 saturated heterocycles. The van der Waals surface area contributed by atoms with E-state index in [-0.39, 0.29) is 12.0 Å². The predicted octanol–water partition coefficient (Wildman–Crippen LogP) is 1.81. The van der Waals surface area contributed by atoms with Crippen molar-refractivity contribution < 1.29 is 23.8 Å². The molecule has 0 aliphatic carbocycles. The van der Waals surface area contributed by atoms with Crippen molar-refractivity contribution in [1.82, 2.24) is 4.90 Å². The molecule has 6 nitrogen and oxygen atoms in total. The maximum absolute atomic E-state index is 12.6. The van der Waals surface area contributed by atoms with E-state index in [2.05, 4.69) is 0 Å². The Morgan fingerprint density at radius 3 is 2.67 bits per heavy atom. The normalized spacial score (nSPS) is 20.0. The van der Waals surface area contributed by atoms with Crippen LogP contribution in [0.3, 0.4) is 0 Å². The molecule has 0 aromatic heterocycles. The Bertz CT molecular complexity index is 574. The number of hydrogen-bond donors (Lipinski definition) is 0. The minimum atomic E-state index is -0.561. The van der Waals surface area contributed by atoms with E-state index in [1.165, 1.54) is 7.11 Å². The molecule has 132 valence electrons. The highest BCUT2D eigenvalue weighted by molar-refractivity contribution is 5.85. The number of methoxy groups -OCH3 is 2. The molecule has 0 radical (unpaired) electrons. The molecule has 6 heteroatoms. The molecule has 1 fully saturated rings. The van der Waals surface area contributed by atoms with Gasteiger partial charge in [-0.05, 0) is 25.0 Å². The summed E-state index contributed by atoms with van der Waals surface area (Å²) in [5, 5.41) is 0. The summed E-state index contributed by atoms with van der Waals surface area (Å²) in [5.74, 6) is 0.336. The van der Waals surface area contributed by atoms with E-state index in [0.717, 1.165) is 11.3 Å². The number of ether oxygens (including phenoxy) is 3. The molecule has 2 rings (SSSR count). The van der Waals surface area contributed by atoms with Crippen LogP contribution in [0.5, 0.6) is 5.75 Å². The Morgan fingerprint density at radius 1 is 1.25 bits per heavy atom. The molecule has 0 spiro atoms. The zero-order valence-electron chi connectivity index (χ0n) is 14.5. The standard InChI is InChI=1S/C18H25NO5/c1-4-24-16-8-6-5-7-13(16)9-10-17(20)19-12-14(22-2)11-15(19)18(21)23-3/h5-8,14-15H,4,9-12H2,1-3H3/t14-,15+/m1/s1. The number of carbonyl (C=O) groups excluding carboxylic acids is 2. The van der Waals surface area contributed by atoms with E-state index >= 15 is 0 Å². The Balaban J connectivity index is 2.02. The molecule has 1 aromatic carbocycles. The Morgan fingerprint density at radius 2 is 2.00 bits per heavy atom. The van der Waals surface area contributed by atoms with Gasteiger partial charge in [-0.3, -0.25) is 4.79 Å². The van der Waals surface area contributed by atoms with Crippen LogP contribution >= 0.6 is 0 Å². The van der Waals surface area contributed by atoms with E-state index < -0.39 is 12.0 Å².